The smallest absolute Gasteiger partial charge is 0.228 e. The van der Waals surface area contributed by atoms with Crippen LogP contribution < -0.4 is 4.90 Å². The molecule has 0 amide bonds. The maximum Gasteiger partial charge on any atom is 0.228 e. The molecular formula is C16H26N4OSSi. The molecule has 0 bridgehead atoms. The first-order valence-electron chi connectivity index (χ1n) is 8.36. The van der Waals surface area contributed by atoms with E-state index in [-0.39, 0.29) is 0 Å². The zero-order valence-corrected chi connectivity index (χ0v) is 16.1. The summed E-state index contributed by atoms with van der Waals surface area (Å²) < 4.78 is 7.79. The molecule has 0 spiro atoms. The Hall–Kier alpha value is -1.21. The third kappa shape index (κ3) is 4.41. The third-order valence-corrected chi connectivity index (χ3v) is 8.47. The molecule has 7 heteroatoms. The SMILES string of the molecule is C[Si](C)(C)CSc1nnc(N2CCCCC2)n1Cc1ccco1. The van der Waals surface area contributed by atoms with Crippen molar-refractivity contribution in [2.45, 2.75) is 50.6 Å². The molecule has 3 rings (SSSR count). The number of hydrogen-bond donors (Lipinski definition) is 0. The fraction of sp³-hybridized carbons (Fsp3) is 0.625. The van der Waals surface area contributed by atoms with Gasteiger partial charge in [-0.3, -0.25) is 4.57 Å². The second-order valence-corrected chi connectivity index (χ2v) is 14.3. The number of nitrogens with zero attached hydrogens (tertiary/aromatic N) is 4. The number of furan rings is 1. The summed E-state index contributed by atoms with van der Waals surface area (Å²) in [5, 5.41) is 11.2. The van der Waals surface area contributed by atoms with Crippen molar-refractivity contribution in [3.63, 3.8) is 0 Å². The van der Waals surface area contributed by atoms with E-state index in [0.717, 1.165) is 35.3 Å². The predicted octanol–water partition coefficient (Wildman–Crippen LogP) is 3.88. The Morgan fingerprint density at radius 1 is 1.17 bits per heavy atom. The minimum Gasteiger partial charge on any atom is -0.467 e. The molecule has 0 aromatic carbocycles. The average Bonchev–Trinajstić information content (AvgIpc) is 3.16. The molecule has 3 heterocycles. The van der Waals surface area contributed by atoms with Crippen LogP contribution in [0.4, 0.5) is 5.95 Å². The lowest BCUT2D eigenvalue weighted by Gasteiger charge is -2.27. The molecule has 0 unspecified atom stereocenters. The van der Waals surface area contributed by atoms with Crippen molar-refractivity contribution in [1.29, 1.82) is 0 Å². The van der Waals surface area contributed by atoms with E-state index in [4.69, 9.17) is 4.42 Å². The molecule has 1 aliphatic heterocycles. The van der Waals surface area contributed by atoms with Gasteiger partial charge in [0.2, 0.25) is 5.95 Å². The lowest BCUT2D eigenvalue weighted by molar-refractivity contribution is 0.479. The highest BCUT2D eigenvalue weighted by Gasteiger charge is 2.23. The Balaban J connectivity index is 1.84. The van der Waals surface area contributed by atoms with Crippen molar-refractivity contribution in [2.75, 3.05) is 23.4 Å². The van der Waals surface area contributed by atoms with E-state index < -0.39 is 8.07 Å². The van der Waals surface area contributed by atoms with Gasteiger partial charge in [0.05, 0.1) is 20.9 Å². The Bertz CT molecular complexity index is 615. The van der Waals surface area contributed by atoms with Gasteiger partial charge in [-0.1, -0.05) is 31.4 Å². The topological polar surface area (TPSA) is 47.1 Å². The fourth-order valence-corrected chi connectivity index (χ4v) is 5.34. The summed E-state index contributed by atoms with van der Waals surface area (Å²) in [6.45, 7) is 10.0. The quantitative estimate of drug-likeness (QED) is 0.584. The maximum atomic E-state index is 5.55. The normalized spacial score (nSPS) is 16.0. The number of hydrogen-bond acceptors (Lipinski definition) is 5. The molecule has 1 fully saturated rings. The Kier molecular flexibility index (Phi) is 5.16. The van der Waals surface area contributed by atoms with Gasteiger partial charge in [0.1, 0.15) is 5.76 Å². The molecular weight excluding hydrogens is 324 g/mol. The average molecular weight is 351 g/mol. The summed E-state index contributed by atoms with van der Waals surface area (Å²) in [6, 6.07) is 3.96. The van der Waals surface area contributed by atoms with Gasteiger partial charge in [-0.15, -0.1) is 10.2 Å². The number of piperidine rings is 1. The highest BCUT2D eigenvalue weighted by atomic mass is 32.2. The highest BCUT2D eigenvalue weighted by molar-refractivity contribution is 8.00. The molecule has 0 aliphatic carbocycles. The van der Waals surface area contributed by atoms with Crippen molar-refractivity contribution >= 4 is 25.8 Å². The summed E-state index contributed by atoms with van der Waals surface area (Å²) in [6.07, 6.45) is 5.53. The minimum absolute atomic E-state index is 0.708. The Morgan fingerprint density at radius 3 is 2.61 bits per heavy atom. The van der Waals surface area contributed by atoms with Crippen molar-refractivity contribution in [2.24, 2.45) is 0 Å². The van der Waals surface area contributed by atoms with E-state index >= 15 is 0 Å². The monoisotopic (exact) mass is 350 g/mol. The fourth-order valence-electron chi connectivity index (χ4n) is 2.69. The van der Waals surface area contributed by atoms with Crippen LogP contribution in [0.15, 0.2) is 28.0 Å². The molecule has 23 heavy (non-hydrogen) atoms. The maximum absolute atomic E-state index is 5.55. The van der Waals surface area contributed by atoms with Gasteiger partial charge in [-0.25, -0.2) is 0 Å². The van der Waals surface area contributed by atoms with Crippen LogP contribution in [-0.4, -0.2) is 41.3 Å². The van der Waals surface area contributed by atoms with Gasteiger partial charge in [0.25, 0.3) is 0 Å². The second kappa shape index (κ2) is 7.13. The summed E-state index contributed by atoms with van der Waals surface area (Å²) in [5.74, 6) is 1.96. The molecule has 0 radical (unpaired) electrons. The largest absolute Gasteiger partial charge is 0.467 e. The molecule has 1 saturated heterocycles. The third-order valence-electron chi connectivity index (χ3n) is 3.86. The molecule has 0 saturated carbocycles. The number of rotatable bonds is 6. The summed E-state index contributed by atoms with van der Waals surface area (Å²) in [4.78, 5) is 2.37. The number of anilines is 1. The summed E-state index contributed by atoms with van der Waals surface area (Å²) in [7, 11) is -1.13. The summed E-state index contributed by atoms with van der Waals surface area (Å²) in [5.41, 5.74) is 0. The van der Waals surface area contributed by atoms with E-state index in [9.17, 15) is 0 Å². The standard InChI is InChI=1S/C16H26N4OSSi/c1-23(2,3)13-22-16-18-17-15(19-9-5-4-6-10-19)20(16)12-14-8-7-11-21-14/h7-8,11H,4-6,9-10,12-13H2,1-3H3. The molecule has 0 atom stereocenters. The first-order chi connectivity index (χ1) is 11.0. The Morgan fingerprint density at radius 2 is 1.96 bits per heavy atom. The molecule has 0 N–H and O–H groups in total. The zero-order chi connectivity index (χ0) is 16.3. The van der Waals surface area contributed by atoms with Gasteiger partial charge in [-0.2, -0.15) is 0 Å². The zero-order valence-electron chi connectivity index (χ0n) is 14.3. The first kappa shape index (κ1) is 16.6. The predicted molar refractivity (Wildman–Crippen MR) is 98.0 cm³/mol. The highest BCUT2D eigenvalue weighted by Crippen LogP contribution is 2.27. The molecule has 126 valence electrons. The first-order valence-corrected chi connectivity index (χ1v) is 13.1. The van der Waals surface area contributed by atoms with E-state index in [1.165, 1.54) is 19.3 Å². The number of thioether (sulfide) groups is 1. The van der Waals surface area contributed by atoms with Crippen molar-refractivity contribution < 1.29 is 4.42 Å². The van der Waals surface area contributed by atoms with Crippen LogP contribution >= 0.6 is 11.8 Å². The van der Waals surface area contributed by atoms with Crippen LogP contribution in [0.1, 0.15) is 25.0 Å². The van der Waals surface area contributed by atoms with E-state index in [2.05, 4.69) is 39.3 Å². The van der Waals surface area contributed by atoms with Crippen LogP contribution in [0, 0.1) is 0 Å². The van der Waals surface area contributed by atoms with Gasteiger partial charge in [-0.05, 0) is 36.8 Å². The molecule has 5 nitrogen and oxygen atoms in total. The molecule has 1 aliphatic rings. The van der Waals surface area contributed by atoms with E-state index in [0.29, 0.717) is 6.54 Å². The van der Waals surface area contributed by atoms with E-state index in [1.807, 2.05) is 23.9 Å². The lowest BCUT2D eigenvalue weighted by atomic mass is 10.1. The van der Waals surface area contributed by atoms with Crippen molar-refractivity contribution in [3.05, 3.63) is 24.2 Å². The Labute approximate surface area is 143 Å². The van der Waals surface area contributed by atoms with Gasteiger partial charge in [0.15, 0.2) is 5.16 Å². The molecule has 2 aromatic heterocycles. The van der Waals surface area contributed by atoms with Crippen LogP contribution in [0.2, 0.25) is 19.6 Å². The van der Waals surface area contributed by atoms with Crippen LogP contribution in [0.5, 0.6) is 0 Å². The van der Waals surface area contributed by atoms with E-state index in [1.54, 1.807) is 6.26 Å². The van der Waals surface area contributed by atoms with Crippen molar-refractivity contribution in [3.8, 4) is 0 Å². The number of aromatic nitrogens is 3. The van der Waals surface area contributed by atoms with Crippen LogP contribution in [0.25, 0.3) is 0 Å². The minimum atomic E-state index is -1.13. The lowest BCUT2D eigenvalue weighted by Crippen LogP contribution is -2.32. The van der Waals surface area contributed by atoms with Gasteiger partial charge in [0, 0.05) is 13.1 Å². The molecule has 2 aromatic rings. The van der Waals surface area contributed by atoms with Crippen LogP contribution in [-0.2, 0) is 6.54 Å². The van der Waals surface area contributed by atoms with Gasteiger partial charge >= 0.3 is 0 Å². The van der Waals surface area contributed by atoms with Crippen LogP contribution in [0.3, 0.4) is 0 Å². The van der Waals surface area contributed by atoms with Crippen molar-refractivity contribution in [1.82, 2.24) is 14.8 Å². The van der Waals surface area contributed by atoms with Gasteiger partial charge < -0.3 is 9.32 Å². The summed E-state index contributed by atoms with van der Waals surface area (Å²) >= 11 is 1.84. The second-order valence-electron chi connectivity index (χ2n) is 7.35.